The van der Waals surface area contributed by atoms with E-state index < -0.39 is 10.8 Å². The van der Waals surface area contributed by atoms with E-state index in [1.165, 1.54) is 24.3 Å². The number of nitro groups is 1. The van der Waals surface area contributed by atoms with Gasteiger partial charge in [-0.25, -0.2) is 0 Å². The Hall–Kier alpha value is -4.28. The molecule has 2 heterocycles. The fourth-order valence-corrected chi connectivity index (χ4v) is 3.29. The van der Waals surface area contributed by atoms with Crippen molar-refractivity contribution in [2.45, 2.75) is 6.61 Å². The zero-order valence-corrected chi connectivity index (χ0v) is 17.8. The predicted octanol–water partition coefficient (Wildman–Crippen LogP) is 4.73. The number of hydrogen-bond acceptors (Lipinski definition) is 7. The number of carbonyl (C=O) groups is 1. The van der Waals surface area contributed by atoms with Gasteiger partial charge in [0, 0.05) is 28.9 Å². The molecular formula is C23H17N3O6S. The van der Waals surface area contributed by atoms with Crippen LogP contribution in [0, 0.1) is 10.1 Å². The van der Waals surface area contributed by atoms with Crippen molar-refractivity contribution in [2.75, 3.05) is 5.32 Å². The lowest BCUT2D eigenvalue weighted by Crippen LogP contribution is -2.33. The minimum absolute atomic E-state index is 0.00141. The number of nitrogens with one attached hydrogen (secondary N) is 2. The highest BCUT2D eigenvalue weighted by molar-refractivity contribution is 7.80. The number of hydrogen-bond donors (Lipinski definition) is 3. The largest absolute Gasteiger partial charge is 0.459 e. The molecule has 1 amide bonds. The van der Waals surface area contributed by atoms with Gasteiger partial charge in [0.1, 0.15) is 23.9 Å². The van der Waals surface area contributed by atoms with Crippen LogP contribution < -0.4 is 10.6 Å². The molecule has 4 aromatic rings. The molecule has 0 saturated heterocycles. The number of furan rings is 2. The van der Waals surface area contributed by atoms with Gasteiger partial charge in [-0.05, 0) is 48.6 Å². The highest BCUT2D eigenvalue weighted by Crippen LogP contribution is 2.26. The number of carbonyl (C=O) groups excluding carboxylic acids is 1. The summed E-state index contributed by atoms with van der Waals surface area (Å²) in [5, 5.41) is 25.6. The van der Waals surface area contributed by atoms with Crippen LogP contribution in [0.3, 0.4) is 0 Å². The molecule has 0 spiro atoms. The molecule has 0 bridgehead atoms. The van der Waals surface area contributed by atoms with Gasteiger partial charge in [-0.1, -0.05) is 24.3 Å². The van der Waals surface area contributed by atoms with Crippen LogP contribution in [-0.2, 0) is 6.61 Å². The van der Waals surface area contributed by atoms with Crippen molar-refractivity contribution in [3.05, 3.63) is 94.4 Å². The number of aliphatic hydroxyl groups is 1. The van der Waals surface area contributed by atoms with E-state index in [0.29, 0.717) is 28.5 Å². The lowest BCUT2D eigenvalue weighted by atomic mass is 10.1. The summed E-state index contributed by atoms with van der Waals surface area (Å²) in [5.74, 6) is 0.785. The van der Waals surface area contributed by atoms with Crippen molar-refractivity contribution >= 4 is 34.6 Å². The number of anilines is 1. The lowest BCUT2D eigenvalue weighted by molar-refractivity contribution is -0.384. The fourth-order valence-electron chi connectivity index (χ4n) is 3.08. The fraction of sp³-hybridized carbons (Fsp3) is 0.0435. The molecule has 0 radical (unpaired) electrons. The molecule has 166 valence electrons. The third-order valence-electron chi connectivity index (χ3n) is 4.62. The van der Waals surface area contributed by atoms with Crippen LogP contribution in [0.4, 0.5) is 11.4 Å². The van der Waals surface area contributed by atoms with E-state index in [1.54, 1.807) is 42.5 Å². The first-order chi connectivity index (χ1) is 15.9. The Morgan fingerprint density at radius 1 is 0.970 bits per heavy atom. The molecule has 10 heteroatoms. The Balaban J connectivity index is 1.41. The van der Waals surface area contributed by atoms with Crippen molar-refractivity contribution < 1.29 is 23.7 Å². The number of non-ortho nitro benzene ring substituents is 1. The van der Waals surface area contributed by atoms with Crippen molar-refractivity contribution in [1.29, 1.82) is 0 Å². The highest BCUT2D eigenvalue weighted by atomic mass is 32.1. The Morgan fingerprint density at radius 3 is 2.39 bits per heavy atom. The summed E-state index contributed by atoms with van der Waals surface area (Å²) >= 11 is 5.22. The van der Waals surface area contributed by atoms with Crippen LogP contribution in [0.1, 0.15) is 16.3 Å². The van der Waals surface area contributed by atoms with Gasteiger partial charge in [0.25, 0.3) is 11.6 Å². The van der Waals surface area contributed by atoms with Crippen molar-refractivity contribution in [3.63, 3.8) is 0 Å². The minimum atomic E-state index is -0.570. The molecule has 2 aromatic carbocycles. The zero-order chi connectivity index (χ0) is 23.4. The highest BCUT2D eigenvalue weighted by Gasteiger charge is 2.16. The van der Waals surface area contributed by atoms with Crippen LogP contribution >= 0.6 is 12.2 Å². The molecule has 4 rings (SSSR count). The van der Waals surface area contributed by atoms with Gasteiger partial charge < -0.3 is 19.3 Å². The Morgan fingerprint density at radius 2 is 1.67 bits per heavy atom. The summed E-state index contributed by atoms with van der Waals surface area (Å²) in [6.45, 7) is -0.191. The molecule has 33 heavy (non-hydrogen) atoms. The second kappa shape index (κ2) is 9.47. The Labute approximate surface area is 192 Å². The third-order valence-corrected chi connectivity index (χ3v) is 4.82. The number of nitrogens with zero attached hydrogens (tertiary/aromatic N) is 1. The molecule has 0 aliphatic rings. The number of rotatable bonds is 6. The Bertz CT molecular complexity index is 1340. The average molecular weight is 463 g/mol. The maximum atomic E-state index is 12.5. The molecule has 0 aliphatic carbocycles. The smallest absolute Gasteiger partial charge is 0.293 e. The maximum Gasteiger partial charge on any atom is 0.293 e. The number of amides is 1. The molecule has 2 aromatic heterocycles. The van der Waals surface area contributed by atoms with Crippen molar-refractivity contribution in [3.8, 4) is 22.6 Å². The quantitative estimate of drug-likeness (QED) is 0.212. The van der Waals surface area contributed by atoms with Crippen molar-refractivity contribution in [1.82, 2.24) is 5.32 Å². The summed E-state index contributed by atoms with van der Waals surface area (Å²) in [4.78, 5) is 23.0. The second-order valence-corrected chi connectivity index (χ2v) is 7.29. The predicted molar refractivity (Wildman–Crippen MR) is 125 cm³/mol. The van der Waals surface area contributed by atoms with Gasteiger partial charge >= 0.3 is 0 Å². The SMILES string of the molecule is O=C(NC(=S)Nc1cccc(-c2ccc(CO)o2)c1)c1ccc(-c2cccc([N+](=O)[O-])c2)o1. The zero-order valence-electron chi connectivity index (χ0n) is 17.0. The van der Waals surface area contributed by atoms with Gasteiger partial charge in [-0.15, -0.1) is 0 Å². The van der Waals surface area contributed by atoms with Gasteiger partial charge in [-0.3, -0.25) is 20.2 Å². The van der Waals surface area contributed by atoms with Crippen LogP contribution in [0.15, 0.2) is 81.6 Å². The normalized spacial score (nSPS) is 10.6. The molecule has 0 saturated carbocycles. The molecule has 9 nitrogen and oxygen atoms in total. The summed E-state index contributed by atoms with van der Waals surface area (Å²) in [6.07, 6.45) is 0. The molecule has 0 fully saturated rings. The van der Waals surface area contributed by atoms with E-state index in [-0.39, 0.29) is 23.2 Å². The summed E-state index contributed by atoms with van der Waals surface area (Å²) in [5.41, 5.74) is 1.78. The first-order valence-electron chi connectivity index (χ1n) is 9.70. The minimum Gasteiger partial charge on any atom is -0.459 e. The van der Waals surface area contributed by atoms with Gasteiger partial charge in [0.15, 0.2) is 10.9 Å². The Kier molecular flexibility index (Phi) is 6.29. The molecule has 0 aliphatic heterocycles. The third kappa shape index (κ3) is 5.14. The maximum absolute atomic E-state index is 12.5. The van der Waals surface area contributed by atoms with Crippen LogP contribution in [-0.4, -0.2) is 21.0 Å². The monoisotopic (exact) mass is 463 g/mol. The molecule has 0 unspecified atom stereocenters. The lowest BCUT2D eigenvalue weighted by Gasteiger charge is -2.09. The summed E-state index contributed by atoms with van der Waals surface area (Å²) in [7, 11) is 0. The van der Waals surface area contributed by atoms with Crippen LogP contribution in [0.2, 0.25) is 0 Å². The van der Waals surface area contributed by atoms with E-state index in [9.17, 15) is 14.9 Å². The number of nitro benzene ring substituents is 1. The number of aliphatic hydroxyl groups excluding tert-OH is 1. The standard InChI is InChI=1S/C23H17N3O6S/c27-13-18-7-8-19(31-18)14-3-1-5-16(11-14)24-23(33)25-22(28)21-10-9-20(32-21)15-4-2-6-17(12-15)26(29)30/h1-12,27H,13H2,(H2,24,25,28,33). The molecular weight excluding hydrogens is 446 g/mol. The van der Waals surface area contributed by atoms with E-state index >= 15 is 0 Å². The van der Waals surface area contributed by atoms with E-state index in [1.807, 2.05) is 6.07 Å². The summed E-state index contributed by atoms with van der Waals surface area (Å²) in [6, 6.07) is 19.6. The van der Waals surface area contributed by atoms with E-state index in [2.05, 4.69) is 10.6 Å². The molecule has 3 N–H and O–H groups in total. The second-order valence-electron chi connectivity index (χ2n) is 6.88. The number of thiocarbonyl (C=S) groups is 1. The van der Waals surface area contributed by atoms with E-state index in [0.717, 1.165) is 5.56 Å². The van der Waals surface area contributed by atoms with Crippen molar-refractivity contribution in [2.24, 2.45) is 0 Å². The van der Waals surface area contributed by atoms with Gasteiger partial charge in [0.05, 0.1) is 4.92 Å². The van der Waals surface area contributed by atoms with Gasteiger partial charge in [-0.2, -0.15) is 0 Å². The first kappa shape index (κ1) is 21.9. The van der Waals surface area contributed by atoms with E-state index in [4.69, 9.17) is 26.2 Å². The average Bonchev–Trinajstić information content (AvgIpc) is 3.49. The number of benzene rings is 2. The van der Waals surface area contributed by atoms with Crippen LogP contribution in [0.25, 0.3) is 22.6 Å². The molecule has 0 atom stereocenters. The van der Waals surface area contributed by atoms with Crippen LogP contribution in [0.5, 0.6) is 0 Å². The van der Waals surface area contributed by atoms with Gasteiger partial charge in [0.2, 0.25) is 0 Å². The summed E-state index contributed by atoms with van der Waals surface area (Å²) < 4.78 is 11.1. The topological polar surface area (TPSA) is 131 Å². The first-order valence-corrected chi connectivity index (χ1v) is 10.1.